The minimum Gasteiger partial charge on any atom is -0.360 e. The van der Waals surface area contributed by atoms with Gasteiger partial charge in [-0.05, 0) is 6.42 Å². The summed E-state index contributed by atoms with van der Waals surface area (Å²) in [6.45, 7) is 2.63. The molecule has 0 unspecified atom stereocenters. The van der Waals surface area contributed by atoms with E-state index in [1.54, 1.807) is 6.07 Å². The lowest BCUT2D eigenvalue weighted by molar-refractivity contribution is -0.117. The maximum absolute atomic E-state index is 11.0. The molecular formula is C8H10N2O2. The van der Waals surface area contributed by atoms with E-state index in [4.69, 9.17) is 0 Å². The Morgan fingerprint density at radius 2 is 2.67 bits per heavy atom. The summed E-state index contributed by atoms with van der Waals surface area (Å²) < 4.78 is 4.66. The molecule has 1 aromatic rings. The van der Waals surface area contributed by atoms with Crippen LogP contribution in [0.15, 0.2) is 16.8 Å². The van der Waals surface area contributed by atoms with Crippen molar-refractivity contribution in [2.75, 3.05) is 6.54 Å². The van der Waals surface area contributed by atoms with E-state index in [-0.39, 0.29) is 5.91 Å². The zero-order valence-corrected chi connectivity index (χ0v) is 6.83. The Morgan fingerprint density at radius 1 is 1.83 bits per heavy atom. The Hall–Kier alpha value is -1.32. The average molecular weight is 166 g/mol. The van der Waals surface area contributed by atoms with Crippen LogP contribution in [-0.4, -0.2) is 17.6 Å². The van der Waals surface area contributed by atoms with Gasteiger partial charge < -0.3 is 9.84 Å². The highest BCUT2D eigenvalue weighted by Gasteiger charge is 2.06. The second kappa shape index (κ2) is 4.54. The van der Waals surface area contributed by atoms with Crippen LogP contribution in [0, 0.1) is 6.42 Å². The molecular weight excluding hydrogens is 156 g/mol. The standard InChI is InChI=1S/C8H10N2O2/c1-2-4-9-8(11)6-7-3-5-10-12-7/h3,5H,2,4H2,1H3,(H,9,11). The van der Waals surface area contributed by atoms with Gasteiger partial charge in [0.2, 0.25) is 5.91 Å². The van der Waals surface area contributed by atoms with E-state index in [0.717, 1.165) is 6.42 Å². The molecule has 0 fully saturated rings. The number of hydrogen-bond donors (Lipinski definition) is 1. The molecule has 1 heterocycles. The largest absolute Gasteiger partial charge is 0.360 e. The lowest BCUT2D eigenvalue weighted by Gasteiger charge is -1.98. The van der Waals surface area contributed by atoms with Gasteiger partial charge in [0.15, 0.2) is 12.2 Å². The molecule has 12 heavy (non-hydrogen) atoms. The first kappa shape index (κ1) is 8.77. The fourth-order valence-corrected chi connectivity index (χ4v) is 0.675. The van der Waals surface area contributed by atoms with Crippen LogP contribution in [0.4, 0.5) is 0 Å². The summed E-state index contributed by atoms with van der Waals surface area (Å²) in [7, 11) is 0. The molecule has 4 heteroatoms. The van der Waals surface area contributed by atoms with E-state index >= 15 is 0 Å². The van der Waals surface area contributed by atoms with Crippen LogP contribution in [0.2, 0.25) is 0 Å². The van der Waals surface area contributed by atoms with E-state index in [1.165, 1.54) is 6.20 Å². The summed E-state index contributed by atoms with van der Waals surface area (Å²) in [5.74, 6) is 0.0807. The molecule has 1 N–H and O–H groups in total. The lowest BCUT2D eigenvalue weighted by Crippen LogP contribution is -2.24. The predicted molar refractivity (Wildman–Crippen MR) is 42.1 cm³/mol. The van der Waals surface area contributed by atoms with E-state index in [0.29, 0.717) is 12.3 Å². The number of amides is 1. The fraction of sp³-hybridized carbons (Fsp3) is 0.375. The normalized spacial score (nSPS) is 9.75. The Labute approximate surface area is 70.9 Å². The first-order valence-corrected chi connectivity index (χ1v) is 3.78. The topological polar surface area (TPSA) is 55.1 Å². The molecule has 0 spiro atoms. The number of carbonyl (C=O) groups is 1. The number of nitrogens with one attached hydrogen (secondary N) is 1. The Kier molecular flexibility index (Phi) is 3.32. The second-order valence-electron chi connectivity index (χ2n) is 2.26. The molecule has 0 saturated carbocycles. The first-order valence-electron chi connectivity index (χ1n) is 3.78. The van der Waals surface area contributed by atoms with Crippen LogP contribution >= 0.6 is 0 Å². The van der Waals surface area contributed by atoms with E-state index < -0.39 is 0 Å². The summed E-state index contributed by atoms with van der Waals surface area (Å²) in [4.78, 5) is 11.0. The summed E-state index contributed by atoms with van der Waals surface area (Å²) in [5, 5.41) is 6.07. The molecule has 1 rings (SSSR count). The molecule has 4 nitrogen and oxygen atoms in total. The van der Waals surface area contributed by atoms with Gasteiger partial charge in [0.1, 0.15) is 0 Å². The van der Waals surface area contributed by atoms with Crippen LogP contribution < -0.4 is 5.32 Å². The monoisotopic (exact) mass is 166 g/mol. The SMILES string of the molecule is CCCNC(=O)[C]c1ccno1. The van der Waals surface area contributed by atoms with Gasteiger partial charge in [-0.2, -0.15) is 0 Å². The number of nitrogens with zero attached hydrogens (tertiary/aromatic N) is 1. The molecule has 0 aliphatic carbocycles. The van der Waals surface area contributed by atoms with Crippen LogP contribution in [0.25, 0.3) is 0 Å². The second-order valence-corrected chi connectivity index (χ2v) is 2.26. The van der Waals surface area contributed by atoms with Gasteiger partial charge in [0, 0.05) is 12.6 Å². The van der Waals surface area contributed by atoms with Gasteiger partial charge in [0.05, 0.1) is 6.20 Å². The van der Waals surface area contributed by atoms with Gasteiger partial charge in [-0.1, -0.05) is 12.1 Å². The average Bonchev–Trinajstić information content (AvgIpc) is 2.53. The van der Waals surface area contributed by atoms with E-state index in [2.05, 4.69) is 21.4 Å². The van der Waals surface area contributed by atoms with E-state index in [9.17, 15) is 4.79 Å². The molecule has 1 aromatic heterocycles. The highest BCUT2D eigenvalue weighted by molar-refractivity contribution is 5.87. The molecule has 64 valence electrons. The van der Waals surface area contributed by atoms with Gasteiger partial charge in [0.25, 0.3) is 0 Å². The number of hydrogen-bond acceptors (Lipinski definition) is 3. The quantitative estimate of drug-likeness (QED) is 0.713. The number of carbonyl (C=O) groups excluding carboxylic acids is 1. The van der Waals surface area contributed by atoms with Crippen molar-refractivity contribution in [3.8, 4) is 0 Å². The van der Waals surface area contributed by atoms with Crippen molar-refractivity contribution >= 4 is 5.91 Å². The molecule has 0 bridgehead atoms. The maximum atomic E-state index is 11.0. The third-order valence-electron chi connectivity index (χ3n) is 1.21. The van der Waals surface area contributed by atoms with Crippen molar-refractivity contribution in [2.45, 2.75) is 13.3 Å². The number of rotatable bonds is 4. The smallest absolute Gasteiger partial charge is 0.237 e. The van der Waals surface area contributed by atoms with Crippen LogP contribution in [0.1, 0.15) is 19.1 Å². The van der Waals surface area contributed by atoms with Crippen LogP contribution in [0.3, 0.4) is 0 Å². The third-order valence-corrected chi connectivity index (χ3v) is 1.21. The Balaban J connectivity index is 2.27. The van der Waals surface area contributed by atoms with Crippen LogP contribution in [0.5, 0.6) is 0 Å². The van der Waals surface area contributed by atoms with Crippen LogP contribution in [-0.2, 0) is 4.79 Å². The summed E-state index contributed by atoms with van der Waals surface area (Å²) in [6, 6.07) is 1.57. The zero-order valence-electron chi connectivity index (χ0n) is 6.83. The first-order chi connectivity index (χ1) is 5.83. The molecule has 1 amide bonds. The van der Waals surface area contributed by atoms with Crippen molar-refractivity contribution in [1.29, 1.82) is 0 Å². The molecule has 0 saturated heterocycles. The van der Waals surface area contributed by atoms with Crippen molar-refractivity contribution in [3.63, 3.8) is 0 Å². The fourth-order valence-electron chi connectivity index (χ4n) is 0.675. The molecule has 0 aliphatic rings. The summed E-state index contributed by atoms with van der Waals surface area (Å²) in [6.07, 6.45) is 4.85. The third kappa shape index (κ3) is 2.74. The van der Waals surface area contributed by atoms with Gasteiger partial charge in [-0.3, -0.25) is 4.79 Å². The lowest BCUT2D eigenvalue weighted by atomic mass is 10.3. The van der Waals surface area contributed by atoms with Crippen molar-refractivity contribution < 1.29 is 9.32 Å². The number of aromatic nitrogens is 1. The van der Waals surface area contributed by atoms with Crippen molar-refractivity contribution in [2.24, 2.45) is 0 Å². The van der Waals surface area contributed by atoms with Gasteiger partial charge >= 0.3 is 0 Å². The highest BCUT2D eigenvalue weighted by Crippen LogP contribution is 1.99. The minimum atomic E-state index is -0.270. The molecule has 2 radical (unpaired) electrons. The van der Waals surface area contributed by atoms with Crippen molar-refractivity contribution in [1.82, 2.24) is 10.5 Å². The summed E-state index contributed by atoms with van der Waals surface area (Å²) in [5.41, 5.74) is 0. The maximum Gasteiger partial charge on any atom is 0.237 e. The minimum absolute atomic E-state index is 0.270. The Morgan fingerprint density at radius 3 is 3.25 bits per heavy atom. The Bertz CT molecular complexity index is 231. The molecule has 0 atom stereocenters. The zero-order chi connectivity index (χ0) is 8.81. The van der Waals surface area contributed by atoms with Gasteiger partial charge in [-0.25, -0.2) is 0 Å². The molecule has 0 aromatic carbocycles. The molecule has 0 aliphatic heterocycles. The predicted octanol–water partition coefficient (Wildman–Crippen LogP) is 0.630. The highest BCUT2D eigenvalue weighted by atomic mass is 16.5. The van der Waals surface area contributed by atoms with Gasteiger partial charge in [-0.15, -0.1) is 0 Å². The summed E-state index contributed by atoms with van der Waals surface area (Å²) >= 11 is 0. The van der Waals surface area contributed by atoms with Crippen molar-refractivity contribution in [3.05, 3.63) is 24.4 Å². The van der Waals surface area contributed by atoms with E-state index in [1.807, 2.05) is 6.92 Å².